The van der Waals surface area contributed by atoms with Crippen molar-refractivity contribution in [2.45, 2.75) is 113 Å². The quantitative estimate of drug-likeness (QED) is 0.258. The van der Waals surface area contributed by atoms with Crippen molar-refractivity contribution < 1.29 is 0 Å². The zero-order valence-electron chi connectivity index (χ0n) is 14.7. The van der Waals surface area contributed by atoms with E-state index in [0.29, 0.717) is 0 Å². The van der Waals surface area contributed by atoms with Crippen LogP contribution in [0.15, 0.2) is 0 Å². The molecular weight excluding hydrogens is 289 g/mol. The van der Waals surface area contributed by atoms with Crippen LogP contribution in [0.4, 0.5) is 0 Å². The first kappa shape index (κ1) is 19.5. The van der Waals surface area contributed by atoms with E-state index in [2.05, 4.69) is 41.5 Å². The molecule has 0 unspecified atom stereocenters. The standard InChI is InChI=1S/C18H40Ge/c1-7-9-11-13-15-19(17(3)4,18(5)6)16-14-12-10-8-2/h17-18H,7-16H2,1-6H3. The summed E-state index contributed by atoms with van der Waals surface area (Å²) in [5.41, 5.74) is 0. The van der Waals surface area contributed by atoms with Gasteiger partial charge in [0.15, 0.2) is 0 Å². The number of rotatable bonds is 12. The number of hydrogen-bond acceptors (Lipinski definition) is 0. The molecule has 0 aliphatic rings. The van der Waals surface area contributed by atoms with Crippen LogP contribution >= 0.6 is 0 Å². The fraction of sp³-hybridized carbons (Fsp3) is 1.00. The zero-order valence-corrected chi connectivity index (χ0v) is 16.8. The fourth-order valence-corrected chi connectivity index (χ4v) is 15.7. The topological polar surface area (TPSA) is 0 Å². The summed E-state index contributed by atoms with van der Waals surface area (Å²) in [6, 6.07) is 0. The second kappa shape index (κ2) is 11.2. The van der Waals surface area contributed by atoms with Crippen molar-refractivity contribution in [1.29, 1.82) is 0 Å². The third-order valence-electron chi connectivity index (χ3n) is 5.29. The van der Waals surface area contributed by atoms with Gasteiger partial charge in [0.2, 0.25) is 0 Å². The van der Waals surface area contributed by atoms with Gasteiger partial charge in [-0.05, 0) is 0 Å². The van der Waals surface area contributed by atoms with Crippen molar-refractivity contribution in [2.24, 2.45) is 0 Å². The predicted octanol–water partition coefficient (Wildman–Crippen LogP) is 7.42. The molecule has 0 bridgehead atoms. The molecule has 0 fully saturated rings. The molecule has 1 heteroatoms. The van der Waals surface area contributed by atoms with Crippen LogP contribution < -0.4 is 0 Å². The Balaban J connectivity index is 4.41. The maximum absolute atomic E-state index is 2.54. The SMILES string of the molecule is CCCCC[CH2][Ge]([CH2]CCCCC)([CH](C)C)[CH](C)C. The Bertz CT molecular complexity index is 174. The van der Waals surface area contributed by atoms with Crippen molar-refractivity contribution in [1.82, 2.24) is 0 Å². The summed E-state index contributed by atoms with van der Waals surface area (Å²) in [5.74, 6) is 0. The Kier molecular flexibility index (Phi) is 11.6. The van der Waals surface area contributed by atoms with Gasteiger partial charge in [-0.25, -0.2) is 0 Å². The normalized spacial score (nSPS) is 12.6. The molecule has 0 rings (SSSR count). The molecule has 0 nitrogen and oxygen atoms in total. The molecule has 0 heterocycles. The van der Waals surface area contributed by atoms with Gasteiger partial charge in [-0.3, -0.25) is 0 Å². The molecule has 116 valence electrons. The Morgan fingerprint density at radius 1 is 0.579 bits per heavy atom. The van der Waals surface area contributed by atoms with Gasteiger partial charge in [0.1, 0.15) is 0 Å². The van der Waals surface area contributed by atoms with Gasteiger partial charge in [0.05, 0.1) is 0 Å². The summed E-state index contributed by atoms with van der Waals surface area (Å²) in [6.07, 6.45) is 11.7. The fourth-order valence-electron chi connectivity index (χ4n) is 3.71. The average Bonchev–Trinajstić information content (AvgIpc) is 2.36. The van der Waals surface area contributed by atoms with Crippen molar-refractivity contribution in [3.8, 4) is 0 Å². The molecule has 0 aromatic carbocycles. The predicted molar refractivity (Wildman–Crippen MR) is 93.8 cm³/mol. The van der Waals surface area contributed by atoms with E-state index in [1.807, 2.05) is 0 Å². The summed E-state index contributed by atoms with van der Waals surface area (Å²) in [5, 5.41) is 3.28. The Hall–Kier alpha value is 0.543. The van der Waals surface area contributed by atoms with Crippen LogP contribution in [0.3, 0.4) is 0 Å². The van der Waals surface area contributed by atoms with E-state index in [9.17, 15) is 0 Å². The average molecular weight is 329 g/mol. The summed E-state index contributed by atoms with van der Waals surface area (Å²) in [4.78, 5) is 0. The summed E-state index contributed by atoms with van der Waals surface area (Å²) in [6.45, 7) is 14.8. The van der Waals surface area contributed by atoms with E-state index in [4.69, 9.17) is 0 Å². The van der Waals surface area contributed by atoms with Gasteiger partial charge < -0.3 is 0 Å². The molecule has 0 aromatic rings. The van der Waals surface area contributed by atoms with Crippen LogP contribution in [-0.2, 0) is 0 Å². The van der Waals surface area contributed by atoms with Crippen molar-refractivity contribution in [3.05, 3.63) is 0 Å². The van der Waals surface area contributed by atoms with E-state index >= 15 is 0 Å². The van der Waals surface area contributed by atoms with Gasteiger partial charge in [-0.15, -0.1) is 0 Å². The molecule has 0 amide bonds. The third-order valence-corrected chi connectivity index (χ3v) is 20.3. The van der Waals surface area contributed by atoms with Gasteiger partial charge in [0.25, 0.3) is 0 Å². The van der Waals surface area contributed by atoms with E-state index in [1.54, 1.807) is 10.5 Å². The Labute approximate surface area is 126 Å². The Morgan fingerprint density at radius 3 is 1.21 bits per heavy atom. The van der Waals surface area contributed by atoms with Gasteiger partial charge >= 0.3 is 126 Å². The van der Waals surface area contributed by atoms with Gasteiger partial charge in [-0.1, -0.05) is 0 Å². The minimum absolute atomic E-state index is 1.02. The van der Waals surface area contributed by atoms with Crippen LogP contribution in [0.5, 0.6) is 0 Å². The minimum atomic E-state index is -1.63. The molecule has 0 N–H and O–H groups in total. The summed E-state index contributed by atoms with van der Waals surface area (Å²) >= 11 is -1.63. The molecule has 0 atom stereocenters. The van der Waals surface area contributed by atoms with E-state index < -0.39 is 13.3 Å². The molecule has 0 aliphatic carbocycles. The van der Waals surface area contributed by atoms with E-state index in [1.165, 1.54) is 51.4 Å². The Morgan fingerprint density at radius 2 is 0.947 bits per heavy atom. The van der Waals surface area contributed by atoms with Gasteiger partial charge in [-0.2, -0.15) is 0 Å². The summed E-state index contributed by atoms with van der Waals surface area (Å²) < 4.78 is 2.03. The molecule has 0 saturated carbocycles. The first-order valence-corrected chi connectivity index (χ1v) is 14.4. The van der Waals surface area contributed by atoms with Crippen LogP contribution in [-0.4, -0.2) is 13.3 Å². The first-order chi connectivity index (χ1) is 9.01. The second-order valence-electron chi connectivity index (χ2n) is 7.16. The maximum atomic E-state index is 2.54. The monoisotopic (exact) mass is 330 g/mol. The zero-order chi connectivity index (χ0) is 14.7. The second-order valence-corrected chi connectivity index (χ2v) is 19.3. The van der Waals surface area contributed by atoms with Crippen molar-refractivity contribution >= 4 is 13.3 Å². The molecule has 0 saturated heterocycles. The van der Waals surface area contributed by atoms with Crippen molar-refractivity contribution in [2.75, 3.05) is 0 Å². The van der Waals surface area contributed by atoms with Crippen LogP contribution in [0.2, 0.25) is 20.0 Å². The first-order valence-electron chi connectivity index (χ1n) is 9.01. The van der Waals surface area contributed by atoms with Crippen LogP contribution in [0.1, 0.15) is 92.9 Å². The van der Waals surface area contributed by atoms with Crippen LogP contribution in [0.25, 0.3) is 0 Å². The van der Waals surface area contributed by atoms with Crippen LogP contribution in [0, 0.1) is 0 Å². The van der Waals surface area contributed by atoms with Gasteiger partial charge in [0, 0.05) is 0 Å². The summed E-state index contributed by atoms with van der Waals surface area (Å²) in [7, 11) is 0. The molecule has 19 heavy (non-hydrogen) atoms. The third kappa shape index (κ3) is 7.20. The number of unbranched alkanes of at least 4 members (excludes halogenated alkanes) is 6. The number of hydrogen-bond donors (Lipinski definition) is 0. The molecule has 0 aromatic heterocycles. The molecule has 0 spiro atoms. The van der Waals surface area contributed by atoms with E-state index in [0.717, 1.165) is 9.50 Å². The molecule has 0 aliphatic heterocycles. The molecule has 0 radical (unpaired) electrons. The van der Waals surface area contributed by atoms with Crippen molar-refractivity contribution in [3.63, 3.8) is 0 Å². The molecular formula is C18H40Ge. The van der Waals surface area contributed by atoms with E-state index in [-0.39, 0.29) is 0 Å².